The number of aromatic nitrogens is 2. The predicted molar refractivity (Wildman–Crippen MR) is 99.4 cm³/mol. The van der Waals surface area contributed by atoms with Gasteiger partial charge in [0.15, 0.2) is 0 Å². The Labute approximate surface area is 150 Å². The summed E-state index contributed by atoms with van der Waals surface area (Å²) in [6.45, 7) is 5.82. The quantitative estimate of drug-likeness (QED) is 0.698. The van der Waals surface area contributed by atoms with E-state index in [-0.39, 0.29) is 5.97 Å². The van der Waals surface area contributed by atoms with E-state index < -0.39 is 0 Å². The van der Waals surface area contributed by atoms with Crippen LogP contribution in [-0.2, 0) is 4.74 Å². The van der Waals surface area contributed by atoms with Crippen LogP contribution in [0.2, 0.25) is 0 Å². The highest BCUT2D eigenvalue weighted by Gasteiger charge is 2.22. The van der Waals surface area contributed by atoms with Crippen LogP contribution in [0, 0.1) is 20.8 Å². The number of H-pyrrole nitrogens is 1. The third-order valence-electron chi connectivity index (χ3n) is 4.20. The van der Waals surface area contributed by atoms with Crippen LogP contribution in [0.5, 0.6) is 5.75 Å². The van der Waals surface area contributed by atoms with Gasteiger partial charge in [-0.05, 0) is 50.6 Å². The minimum Gasteiger partial charge on any atom is -0.497 e. The number of nitrogens with zero attached hydrogens (tertiary/aromatic N) is 1. The summed E-state index contributed by atoms with van der Waals surface area (Å²) < 4.78 is 10.1. The van der Waals surface area contributed by atoms with E-state index in [1.54, 1.807) is 18.4 Å². The maximum Gasteiger partial charge on any atom is 0.339 e. The zero-order valence-corrected chi connectivity index (χ0v) is 15.7. The lowest BCUT2D eigenvalue weighted by atomic mass is 10.1. The van der Waals surface area contributed by atoms with E-state index in [9.17, 15) is 4.79 Å². The minimum absolute atomic E-state index is 0.333. The molecule has 0 saturated heterocycles. The second-order valence-corrected chi connectivity index (χ2v) is 6.97. The van der Waals surface area contributed by atoms with E-state index in [1.807, 2.05) is 45.0 Å². The smallest absolute Gasteiger partial charge is 0.339 e. The van der Waals surface area contributed by atoms with Crippen molar-refractivity contribution in [1.82, 2.24) is 9.97 Å². The average Bonchev–Trinajstić information content (AvgIpc) is 3.14. The summed E-state index contributed by atoms with van der Waals surface area (Å²) in [7, 11) is 3.04. The van der Waals surface area contributed by atoms with Gasteiger partial charge in [-0.15, -0.1) is 11.3 Å². The van der Waals surface area contributed by atoms with Gasteiger partial charge in [-0.1, -0.05) is 0 Å². The summed E-state index contributed by atoms with van der Waals surface area (Å²) in [6.07, 6.45) is 0. The average molecular weight is 356 g/mol. The third kappa shape index (κ3) is 3.05. The molecule has 5 nitrogen and oxygen atoms in total. The minimum atomic E-state index is -0.333. The standard InChI is InChI=1S/C19H20N2O3S/c1-10-15(19(22)24-5)11(2)20-16(10)17-12(3)25-18(21-17)13-6-8-14(23-4)9-7-13/h6-9,20H,1-5H3. The first-order valence-electron chi connectivity index (χ1n) is 7.86. The Bertz CT molecular complexity index is 923. The van der Waals surface area contributed by atoms with Crippen LogP contribution in [0.3, 0.4) is 0 Å². The molecular weight excluding hydrogens is 336 g/mol. The van der Waals surface area contributed by atoms with Gasteiger partial charge in [0.25, 0.3) is 0 Å². The first kappa shape index (κ1) is 17.2. The summed E-state index contributed by atoms with van der Waals surface area (Å²) in [5.74, 6) is 0.483. The van der Waals surface area contributed by atoms with Gasteiger partial charge in [-0.2, -0.15) is 0 Å². The monoisotopic (exact) mass is 356 g/mol. The molecule has 0 bridgehead atoms. The Kier molecular flexibility index (Phi) is 4.63. The van der Waals surface area contributed by atoms with Gasteiger partial charge in [0.2, 0.25) is 0 Å². The number of aromatic amines is 1. The van der Waals surface area contributed by atoms with Gasteiger partial charge in [0, 0.05) is 16.1 Å². The molecule has 0 aliphatic carbocycles. The maximum absolute atomic E-state index is 12.0. The molecule has 2 heterocycles. The molecule has 1 N–H and O–H groups in total. The number of ether oxygens (including phenoxy) is 2. The van der Waals surface area contributed by atoms with Gasteiger partial charge in [0.1, 0.15) is 16.5 Å². The number of hydrogen-bond donors (Lipinski definition) is 1. The maximum atomic E-state index is 12.0. The fourth-order valence-corrected chi connectivity index (χ4v) is 3.81. The van der Waals surface area contributed by atoms with E-state index >= 15 is 0 Å². The van der Waals surface area contributed by atoms with Crippen LogP contribution in [0.1, 0.15) is 26.5 Å². The number of rotatable bonds is 4. The van der Waals surface area contributed by atoms with Crippen molar-refractivity contribution in [3.8, 4) is 27.7 Å². The van der Waals surface area contributed by atoms with Crippen molar-refractivity contribution in [2.24, 2.45) is 0 Å². The lowest BCUT2D eigenvalue weighted by Gasteiger charge is -2.01. The SMILES string of the molecule is COC(=O)c1c(C)[nH]c(-c2nc(-c3ccc(OC)cc3)sc2C)c1C. The van der Waals surface area contributed by atoms with Crippen LogP contribution in [0.4, 0.5) is 0 Å². The van der Waals surface area contributed by atoms with Crippen molar-refractivity contribution < 1.29 is 14.3 Å². The summed E-state index contributed by atoms with van der Waals surface area (Å²) in [4.78, 5) is 21.2. The molecule has 0 saturated carbocycles. The molecule has 0 unspecified atom stereocenters. The molecule has 2 aromatic heterocycles. The number of thiazole rings is 1. The van der Waals surface area contributed by atoms with Crippen molar-refractivity contribution in [3.05, 3.63) is 46.0 Å². The molecule has 0 atom stereocenters. The van der Waals surface area contributed by atoms with Gasteiger partial charge < -0.3 is 14.5 Å². The Balaban J connectivity index is 2.05. The topological polar surface area (TPSA) is 64.2 Å². The highest BCUT2D eigenvalue weighted by atomic mass is 32.1. The Morgan fingerprint density at radius 2 is 1.80 bits per heavy atom. The Morgan fingerprint density at radius 3 is 2.40 bits per heavy atom. The van der Waals surface area contributed by atoms with E-state index in [1.165, 1.54) is 7.11 Å². The number of nitrogens with one attached hydrogen (secondary N) is 1. The first-order valence-corrected chi connectivity index (χ1v) is 8.67. The number of benzene rings is 1. The molecule has 0 aliphatic rings. The number of hydrogen-bond acceptors (Lipinski definition) is 5. The molecule has 0 amide bonds. The molecule has 0 aliphatic heterocycles. The Morgan fingerprint density at radius 1 is 1.12 bits per heavy atom. The van der Waals surface area contributed by atoms with Crippen LogP contribution >= 0.6 is 11.3 Å². The molecule has 0 fully saturated rings. The van der Waals surface area contributed by atoms with E-state index in [2.05, 4.69) is 4.98 Å². The van der Waals surface area contributed by atoms with Crippen molar-refractivity contribution in [2.75, 3.05) is 14.2 Å². The lowest BCUT2D eigenvalue weighted by molar-refractivity contribution is 0.0599. The molecule has 1 aromatic carbocycles. The molecular formula is C19H20N2O3S. The predicted octanol–water partition coefficient (Wildman–Crippen LogP) is 4.53. The Hall–Kier alpha value is -2.60. The van der Waals surface area contributed by atoms with E-state index in [0.717, 1.165) is 43.8 Å². The molecule has 6 heteroatoms. The number of aryl methyl sites for hydroxylation is 2. The number of esters is 1. The normalized spacial score (nSPS) is 10.8. The van der Waals surface area contributed by atoms with Gasteiger partial charge >= 0.3 is 5.97 Å². The van der Waals surface area contributed by atoms with Crippen LogP contribution in [-0.4, -0.2) is 30.2 Å². The van der Waals surface area contributed by atoms with Crippen molar-refractivity contribution in [1.29, 1.82) is 0 Å². The van der Waals surface area contributed by atoms with Crippen molar-refractivity contribution in [2.45, 2.75) is 20.8 Å². The molecule has 25 heavy (non-hydrogen) atoms. The fraction of sp³-hybridized carbons (Fsp3) is 0.263. The largest absolute Gasteiger partial charge is 0.497 e. The summed E-state index contributed by atoms with van der Waals surface area (Å²) in [5.41, 5.74) is 5.00. The molecule has 3 aromatic rings. The van der Waals surface area contributed by atoms with Crippen LogP contribution in [0.25, 0.3) is 22.0 Å². The molecule has 3 rings (SSSR count). The third-order valence-corrected chi connectivity index (χ3v) is 5.22. The molecule has 130 valence electrons. The summed E-state index contributed by atoms with van der Waals surface area (Å²) in [5, 5.41) is 0.932. The highest BCUT2D eigenvalue weighted by molar-refractivity contribution is 7.15. The molecule has 0 spiro atoms. The number of methoxy groups -OCH3 is 2. The second-order valence-electron chi connectivity index (χ2n) is 5.77. The van der Waals surface area contributed by atoms with Crippen LogP contribution in [0.15, 0.2) is 24.3 Å². The van der Waals surface area contributed by atoms with Crippen molar-refractivity contribution in [3.63, 3.8) is 0 Å². The van der Waals surface area contributed by atoms with Crippen LogP contribution < -0.4 is 4.74 Å². The van der Waals surface area contributed by atoms with Gasteiger partial charge in [-0.25, -0.2) is 9.78 Å². The van der Waals surface area contributed by atoms with Gasteiger partial charge in [0.05, 0.1) is 25.5 Å². The second kappa shape index (κ2) is 6.72. The van der Waals surface area contributed by atoms with E-state index in [0.29, 0.717) is 5.56 Å². The van der Waals surface area contributed by atoms with E-state index in [4.69, 9.17) is 14.5 Å². The van der Waals surface area contributed by atoms with Crippen molar-refractivity contribution >= 4 is 17.3 Å². The molecule has 0 radical (unpaired) electrons. The number of carbonyl (C=O) groups excluding carboxylic acids is 1. The number of carbonyl (C=O) groups is 1. The summed E-state index contributed by atoms with van der Waals surface area (Å²) in [6, 6.07) is 7.83. The summed E-state index contributed by atoms with van der Waals surface area (Å²) >= 11 is 1.63. The highest BCUT2D eigenvalue weighted by Crippen LogP contribution is 2.36. The van der Waals surface area contributed by atoms with Gasteiger partial charge in [-0.3, -0.25) is 0 Å². The zero-order valence-electron chi connectivity index (χ0n) is 14.9. The fourth-order valence-electron chi connectivity index (χ4n) is 2.88. The first-order chi connectivity index (χ1) is 12.0. The zero-order chi connectivity index (χ0) is 18.1. The lowest BCUT2D eigenvalue weighted by Crippen LogP contribution is -2.03.